The van der Waals surface area contributed by atoms with E-state index in [9.17, 15) is 14.7 Å². The molecule has 1 amide bonds. The van der Waals surface area contributed by atoms with E-state index in [2.05, 4.69) is 24.7 Å². The smallest absolute Gasteiger partial charge is 0.410 e. The molecular formula is C19H33N3O5Si. The zero-order valence-electron chi connectivity index (χ0n) is 18.0. The number of amides is 1. The highest BCUT2D eigenvalue weighted by Crippen LogP contribution is 2.28. The SMILES string of the molecule is CC1Cc2c(c(C(=O)O)nn2COCC[Si](C)(C)C)CN1C(=O)OC(C)(C)C. The van der Waals surface area contributed by atoms with Crippen molar-refractivity contribution in [2.45, 2.75) is 84.7 Å². The Balaban J connectivity index is 2.19. The van der Waals surface area contributed by atoms with Gasteiger partial charge in [0.25, 0.3) is 0 Å². The summed E-state index contributed by atoms with van der Waals surface area (Å²) in [6.45, 7) is 15.2. The lowest BCUT2D eigenvalue weighted by Crippen LogP contribution is -2.45. The zero-order valence-corrected chi connectivity index (χ0v) is 19.0. The fraction of sp³-hybridized carbons (Fsp3) is 0.737. The third-order valence-corrected chi connectivity index (χ3v) is 6.26. The molecule has 0 saturated carbocycles. The van der Waals surface area contributed by atoms with Crippen LogP contribution in [-0.2, 0) is 29.2 Å². The molecule has 0 fully saturated rings. The minimum absolute atomic E-state index is 0.0238. The van der Waals surface area contributed by atoms with E-state index < -0.39 is 25.7 Å². The van der Waals surface area contributed by atoms with Crippen molar-refractivity contribution in [3.05, 3.63) is 17.0 Å². The molecular weight excluding hydrogens is 378 g/mol. The standard InChI is InChI=1S/C19H33N3O5Si/c1-13-10-15-14(11-21(13)18(25)27-19(2,3)4)16(17(23)24)20-22(15)12-26-8-9-28(5,6)7/h13H,8-12H2,1-7H3,(H,23,24). The van der Waals surface area contributed by atoms with Gasteiger partial charge < -0.3 is 19.5 Å². The summed E-state index contributed by atoms with van der Waals surface area (Å²) < 4.78 is 12.9. The molecule has 0 aliphatic carbocycles. The van der Waals surface area contributed by atoms with Crippen molar-refractivity contribution in [1.29, 1.82) is 0 Å². The Bertz CT molecular complexity index is 733. The molecule has 28 heavy (non-hydrogen) atoms. The van der Waals surface area contributed by atoms with E-state index in [0.717, 1.165) is 11.7 Å². The Morgan fingerprint density at radius 2 is 1.93 bits per heavy atom. The maximum Gasteiger partial charge on any atom is 0.410 e. The average molecular weight is 412 g/mol. The van der Waals surface area contributed by atoms with E-state index >= 15 is 0 Å². The molecule has 158 valence electrons. The third kappa shape index (κ3) is 5.81. The van der Waals surface area contributed by atoms with Gasteiger partial charge in [-0.2, -0.15) is 5.10 Å². The highest BCUT2D eigenvalue weighted by Gasteiger charge is 2.35. The van der Waals surface area contributed by atoms with Gasteiger partial charge in [0.05, 0.1) is 6.54 Å². The van der Waals surface area contributed by atoms with Gasteiger partial charge in [0, 0.05) is 38.4 Å². The minimum Gasteiger partial charge on any atom is -0.476 e. The largest absolute Gasteiger partial charge is 0.476 e. The lowest BCUT2D eigenvalue weighted by molar-refractivity contribution is 0.0129. The number of rotatable bonds is 6. The van der Waals surface area contributed by atoms with E-state index in [1.165, 1.54) is 0 Å². The Kier molecular flexibility index (Phi) is 6.60. The minimum atomic E-state index is -1.20. The van der Waals surface area contributed by atoms with E-state index in [4.69, 9.17) is 9.47 Å². The number of ether oxygens (including phenoxy) is 2. The fourth-order valence-electron chi connectivity index (χ4n) is 3.02. The van der Waals surface area contributed by atoms with E-state index in [-0.39, 0.29) is 25.0 Å². The van der Waals surface area contributed by atoms with Crippen LogP contribution in [0.3, 0.4) is 0 Å². The van der Waals surface area contributed by atoms with Crippen LogP contribution < -0.4 is 0 Å². The van der Waals surface area contributed by atoms with Crippen LogP contribution in [0, 0.1) is 0 Å². The van der Waals surface area contributed by atoms with E-state index in [1.54, 1.807) is 9.58 Å². The second-order valence-corrected chi connectivity index (χ2v) is 15.2. The number of hydrogen-bond donors (Lipinski definition) is 1. The lowest BCUT2D eigenvalue weighted by Gasteiger charge is -2.35. The predicted molar refractivity (Wildman–Crippen MR) is 108 cm³/mol. The molecule has 0 spiro atoms. The van der Waals surface area contributed by atoms with Crippen LogP contribution in [0.1, 0.15) is 49.4 Å². The first kappa shape index (κ1) is 22.4. The van der Waals surface area contributed by atoms with Crippen molar-refractivity contribution in [3.8, 4) is 0 Å². The molecule has 0 aromatic carbocycles. The van der Waals surface area contributed by atoms with Gasteiger partial charge in [0.2, 0.25) is 0 Å². The number of hydrogen-bond acceptors (Lipinski definition) is 5. The molecule has 1 aliphatic rings. The van der Waals surface area contributed by atoms with Crippen LogP contribution in [0.15, 0.2) is 0 Å². The predicted octanol–water partition coefficient (Wildman–Crippen LogP) is 3.58. The van der Waals surface area contributed by atoms with Crippen molar-refractivity contribution < 1.29 is 24.2 Å². The molecule has 1 unspecified atom stereocenters. The van der Waals surface area contributed by atoms with Crippen molar-refractivity contribution in [1.82, 2.24) is 14.7 Å². The first-order valence-electron chi connectivity index (χ1n) is 9.68. The number of carboxylic acid groups (broad SMARTS) is 1. The topological polar surface area (TPSA) is 93.9 Å². The number of nitrogens with zero attached hydrogens (tertiary/aromatic N) is 3. The summed E-state index contributed by atoms with van der Waals surface area (Å²) in [5.41, 5.74) is 0.744. The number of aromatic carboxylic acids is 1. The van der Waals surface area contributed by atoms with E-state index in [1.807, 2.05) is 27.7 Å². The molecule has 1 aromatic rings. The number of carbonyl (C=O) groups is 2. The summed E-state index contributed by atoms with van der Waals surface area (Å²) in [6.07, 6.45) is 0.0628. The van der Waals surface area contributed by atoms with Crippen molar-refractivity contribution in [2.75, 3.05) is 6.61 Å². The Morgan fingerprint density at radius 1 is 1.29 bits per heavy atom. The average Bonchev–Trinajstić information content (AvgIpc) is 2.86. The molecule has 8 nitrogen and oxygen atoms in total. The van der Waals surface area contributed by atoms with Gasteiger partial charge in [-0.05, 0) is 33.7 Å². The maximum absolute atomic E-state index is 12.5. The monoisotopic (exact) mass is 411 g/mol. The summed E-state index contributed by atoms with van der Waals surface area (Å²) in [5, 5.41) is 13.8. The molecule has 1 N–H and O–H groups in total. The van der Waals surface area contributed by atoms with Gasteiger partial charge >= 0.3 is 12.1 Å². The number of fused-ring (bicyclic) bond motifs is 1. The molecule has 1 aliphatic heterocycles. The Hall–Kier alpha value is -1.87. The normalized spacial score (nSPS) is 17.4. The summed E-state index contributed by atoms with van der Waals surface area (Å²) in [4.78, 5) is 25.8. The third-order valence-electron chi connectivity index (χ3n) is 4.56. The van der Waals surface area contributed by atoms with Gasteiger partial charge in [-0.3, -0.25) is 0 Å². The molecule has 0 saturated heterocycles. The number of aromatic nitrogens is 2. The number of carbonyl (C=O) groups excluding carboxylic acids is 1. The fourth-order valence-corrected chi connectivity index (χ4v) is 3.77. The summed E-state index contributed by atoms with van der Waals surface area (Å²) in [5.74, 6) is -1.10. The van der Waals surface area contributed by atoms with Gasteiger partial charge in [-0.15, -0.1) is 0 Å². The van der Waals surface area contributed by atoms with Crippen LogP contribution >= 0.6 is 0 Å². The van der Waals surface area contributed by atoms with Crippen LogP contribution in [0.2, 0.25) is 25.7 Å². The Morgan fingerprint density at radius 3 is 2.46 bits per heavy atom. The zero-order chi connectivity index (χ0) is 21.3. The molecule has 1 aromatic heterocycles. The van der Waals surface area contributed by atoms with Crippen molar-refractivity contribution in [2.24, 2.45) is 0 Å². The van der Waals surface area contributed by atoms with Crippen molar-refractivity contribution in [3.63, 3.8) is 0 Å². The first-order valence-corrected chi connectivity index (χ1v) is 13.4. The van der Waals surface area contributed by atoms with Gasteiger partial charge in [-0.25, -0.2) is 14.3 Å². The Labute approximate surface area is 167 Å². The highest BCUT2D eigenvalue weighted by molar-refractivity contribution is 6.76. The van der Waals surface area contributed by atoms with Crippen LogP contribution in [0.5, 0.6) is 0 Å². The molecule has 1 atom stereocenters. The molecule has 0 radical (unpaired) electrons. The molecule has 9 heteroatoms. The van der Waals surface area contributed by atoms with Crippen molar-refractivity contribution >= 4 is 20.1 Å². The highest BCUT2D eigenvalue weighted by atomic mass is 28.3. The summed E-state index contributed by atoms with van der Waals surface area (Å²) in [7, 11) is -1.20. The maximum atomic E-state index is 12.5. The van der Waals surface area contributed by atoms with Crippen LogP contribution in [-0.4, -0.2) is 58.2 Å². The molecule has 2 heterocycles. The first-order chi connectivity index (χ1) is 12.8. The summed E-state index contributed by atoms with van der Waals surface area (Å²) in [6, 6.07) is 0.909. The summed E-state index contributed by atoms with van der Waals surface area (Å²) >= 11 is 0. The molecule has 2 rings (SSSR count). The second kappa shape index (κ2) is 8.24. The number of carboxylic acids is 1. The lowest BCUT2D eigenvalue weighted by atomic mass is 10.00. The van der Waals surface area contributed by atoms with Crippen LogP contribution in [0.25, 0.3) is 0 Å². The van der Waals surface area contributed by atoms with Gasteiger partial charge in [0.1, 0.15) is 12.3 Å². The second-order valence-electron chi connectivity index (χ2n) is 9.59. The van der Waals surface area contributed by atoms with Crippen LogP contribution in [0.4, 0.5) is 4.79 Å². The quantitative estimate of drug-likeness (QED) is 0.568. The van der Waals surface area contributed by atoms with E-state index in [0.29, 0.717) is 18.6 Å². The van der Waals surface area contributed by atoms with Gasteiger partial charge in [0.15, 0.2) is 5.69 Å². The van der Waals surface area contributed by atoms with Gasteiger partial charge in [-0.1, -0.05) is 19.6 Å². The molecule has 0 bridgehead atoms.